The van der Waals surface area contributed by atoms with Gasteiger partial charge in [-0.25, -0.2) is 4.79 Å². The molecule has 3 saturated heterocycles. The van der Waals surface area contributed by atoms with Gasteiger partial charge >= 0.3 is 6.03 Å². The van der Waals surface area contributed by atoms with Gasteiger partial charge < -0.3 is 10.6 Å². The summed E-state index contributed by atoms with van der Waals surface area (Å²) in [6.07, 6.45) is 7.77. The largest absolute Gasteiger partial charge is 0.337 e. The minimum Gasteiger partial charge on any atom is -0.337 e. The van der Waals surface area contributed by atoms with Crippen LogP contribution in [0.5, 0.6) is 0 Å². The summed E-state index contributed by atoms with van der Waals surface area (Å²) in [7, 11) is 2.13. The minimum absolute atomic E-state index is 0.0444. The Bertz CT molecular complexity index is 664. The van der Waals surface area contributed by atoms with Crippen molar-refractivity contribution in [2.75, 3.05) is 19.6 Å². The fraction of sp³-hybridized carbons (Fsp3) is 0.810. The van der Waals surface area contributed by atoms with E-state index < -0.39 is 0 Å². The maximum atomic E-state index is 11.9. The summed E-state index contributed by atoms with van der Waals surface area (Å²) in [5.74, 6) is 1.98. The van der Waals surface area contributed by atoms with E-state index in [1.165, 1.54) is 49.9 Å². The molecule has 150 valence electrons. The van der Waals surface area contributed by atoms with Crippen LogP contribution in [-0.2, 0) is 7.05 Å². The van der Waals surface area contributed by atoms with Gasteiger partial charge in [-0.2, -0.15) is 5.10 Å². The zero-order valence-electron chi connectivity index (χ0n) is 17.1. The molecular weight excluding hydrogens is 338 g/mol. The highest BCUT2D eigenvalue weighted by Gasteiger charge is 2.42. The van der Waals surface area contributed by atoms with E-state index in [1.807, 2.05) is 13.8 Å². The lowest BCUT2D eigenvalue weighted by molar-refractivity contribution is 0.0294. The number of carbonyl (C=O) groups is 1. The van der Waals surface area contributed by atoms with Crippen LogP contribution in [0.25, 0.3) is 0 Å². The first-order valence-electron chi connectivity index (χ1n) is 10.8. The molecule has 0 spiro atoms. The van der Waals surface area contributed by atoms with Gasteiger partial charge in [-0.1, -0.05) is 12.8 Å². The van der Waals surface area contributed by atoms with E-state index in [2.05, 4.69) is 33.3 Å². The van der Waals surface area contributed by atoms with E-state index in [0.717, 1.165) is 19.6 Å². The predicted molar refractivity (Wildman–Crippen MR) is 107 cm³/mol. The molecule has 1 saturated carbocycles. The van der Waals surface area contributed by atoms with Gasteiger partial charge in [-0.15, -0.1) is 0 Å². The lowest BCUT2D eigenvalue weighted by Gasteiger charge is -2.50. The van der Waals surface area contributed by atoms with Gasteiger partial charge in [0.15, 0.2) is 0 Å². The summed E-state index contributed by atoms with van der Waals surface area (Å²) in [4.78, 5) is 14.5. The Hall–Kier alpha value is -1.56. The van der Waals surface area contributed by atoms with Crippen LogP contribution in [-0.4, -0.2) is 52.4 Å². The van der Waals surface area contributed by atoms with E-state index >= 15 is 0 Å². The molecule has 4 aliphatic rings. The van der Waals surface area contributed by atoms with Crippen LogP contribution >= 0.6 is 0 Å². The number of hydrogen-bond acceptors (Lipinski definition) is 3. The van der Waals surface area contributed by atoms with Crippen molar-refractivity contribution in [2.45, 2.75) is 76.3 Å². The molecule has 27 heavy (non-hydrogen) atoms. The number of nitrogens with zero attached hydrogens (tertiary/aromatic N) is 3. The Morgan fingerprint density at radius 3 is 2.74 bits per heavy atom. The highest BCUT2D eigenvalue weighted by Crippen LogP contribution is 2.43. The first kappa shape index (κ1) is 18.8. The highest BCUT2D eigenvalue weighted by atomic mass is 16.2. The van der Waals surface area contributed by atoms with Gasteiger partial charge in [0.25, 0.3) is 0 Å². The molecule has 2 amide bonds. The lowest BCUT2D eigenvalue weighted by Crippen LogP contribution is -2.57. The quantitative estimate of drug-likeness (QED) is 0.834. The molecule has 1 unspecified atom stereocenters. The molecule has 4 fully saturated rings. The van der Waals surface area contributed by atoms with Crippen molar-refractivity contribution >= 4 is 6.03 Å². The summed E-state index contributed by atoms with van der Waals surface area (Å²) in [5, 5.41) is 10.9. The molecule has 5 rings (SSSR count). The fourth-order valence-electron chi connectivity index (χ4n) is 5.48. The van der Waals surface area contributed by atoms with Crippen LogP contribution in [0.15, 0.2) is 6.07 Å². The topological polar surface area (TPSA) is 62.2 Å². The zero-order chi connectivity index (χ0) is 19.0. The third-order valence-corrected chi connectivity index (χ3v) is 6.88. The van der Waals surface area contributed by atoms with E-state index in [4.69, 9.17) is 5.10 Å². The molecule has 2 bridgehead atoms. The maximum absolute atomic E-state index is 11.9. The Labute approximate surface area is 163 Å². The number of piperidine rings is 3. The number of hydrogen-bond donors (Lipinski definition) is 2. The maximum Gasteiger partial charge on any atom is 0.315 e. The molecular formula is C21H35N5O. The molecule has 3 aliphatic heterocycles. The molecule has 2 N–H and O–H groups in total. The number of rotatable bonds is 5. The van der Waals surface area contributed by atoms with Crippen LogP contribution in [0.3, 0.4) is 0 Å². The number of aromatic nitrogens is 2. The van der Waals surface area contributed by atoms with Crippen molar-refractivity contribution in [3.8, 4) is 0 Å². The molecule has 1 aromatic heterocycles. The van der Waals surface area contributed by atoms with Gasteiger partial charge in [0, 0.05) is 49.8 Å². The summed E-state index contributed by atoms with van der Waals surface area (Å²) < 4.78 is 2.16. The van der Waals surface area contributed by atoms with Gasteiger partial charge in [0.2, 0.25) is 0 Å². The highest BCUT2D eigenvalue weighted by molar-refractivity contribution is 5.74. The van der Waals surface area contributed by atoms with Crippen molar-refractivity contribution in [2.24, 2.45) is 13.0 Å². The standard InChI is InChI=1S/C21H35N5O/c1-14(2)23-21(27)22-12-17-10-16-8-9-26(17)13-18(16)20-11-19(24-25(20)3)15-6-4-5-7-15/h11,14-18H,4-10,12-13H2,1-3H3,(H2,22,23,27)/t16-,17-,18+/m1/s1. The smallest absolute Gasteiger partial charge is 0.315 e. The molecule has 0 aromatic carbocycles. The molecule has 1 aliphatic carbocycles. The third kappa shape index (κ3) is 4.00. The van der Waals surface area contributed by atoms with Gasteiger partial charge in [0.1, 0.15) is 0 Å². The molecule has 1 aromatic rings. The SMILES string of the molecule is CC(C)NC(=O)NC[C@H]1C[C@H]2CCN1C[C@@H]2c1cc(C2CCCC2)nn1C. The zero-order valence-corrected chi connectivity index (χ0v) is 17.1. The average Bonchev–Trinajstić information content (AvgIpc) is 3.29. The molecule has 0 radical (unpaired) electrons. The van der Waals surface area contributed by atoms with Crippen LogP contribution in [0, 0.1) is 5.92 Å². The van der Waals surface area contributed by atoms with Crippen molar-refractivity contribution < 1.29 is 4.79 Å². The number of amides is 2. The van der Waals surface area contributed by atoms with Crippen molar-refractivity contribution in [1.82, 2.24) is 25.3 Å². The average molecular weight is 374 g/mol. The first-order valence-corrected chi connectivity index (χ1v) is 10.8. The number of urea groups is 1. The van der Waals surface area contributed by atoms with Crippen molar-refractivity contribution in [3.05, 3.63) is 17.5 Å². The van der Waals surface area contributed by atoms with Crippen molar-refractivity contribution in [1.29, 1.82) is 0 Å². The number of aryl methyl sites for hydroxylation is 1. The Kier molecular flexibility index (Phi) is 5.44. The van der Waals surface area contributed by atoms with E-state index in [0.29, 0.717) is 23.8 Å². The molecule has 6 heteroatoms. The lowest BCUT2D eigenvalue weighted by atomic mass is 9.74. The van der Waals surface area contributed by atoms with Crippen molar-refractivity contribution in [3.63, 3.8) is 0 Å². The van der Waals surface area contributed by atoms with Crippen LogP contribution in [0.1, 0.15) is 75.6 Å². The fourth-order valence-corrected chi connectivity index (χ4v) is 5.48. The van der Waals surface area contributed by atoms with Crippen LogP contribution < -0.4 is 10.6 Å². The van der Waals surface area contributed by atoms with E-state index in [9.17, 15) is 4.79 Å². The first-order chi connectivity index (χ1) is 13.0. The Balaban J connectivity index is 1.38. The van der Waals surface area contributed by atoms with Gasteiger partial charge in [0.05, 0.1) is 5.69 Å². The number of fused-ring (bicyclic) bond motifs is 3. The summed E-state index contributed by atoms with van der Waals surface area (Å²) in [6, 6.07) is 3.01. The predicted octanol–water partition coefficient (Wildman–Crippen LogP) is 2.96. The molecule has 4 heterocycles. The number of nitrogens with one attached hydrogen (secondary N) is 2. The monoisotopic (exact) mass is 373 g/mol. The Morgan fingerprint density at radius 2 is 2.07 bits per heavy atom. The van der Waals surface area contributed by atoms with Gasteiger partial charge in [-0.05, 0) is 58.1 Å². The van der Waals surface area contributed by atoms with E-state index in [1.54, 1.807) is 0 Å². The minimum atomic E-state index is -0.0444. The normalized spacial score (nSPS) is 30.8. The second-order valence-electron chi connectivity index (χ2n) is 9.15. The Morgan fingerprint density at radius 1 is 1.30 bits per heavy atom. The molecule has 6 nitrogen and oxygen atoms in total. The third-order valence-electron chi connectivity index (χ3n) is 6.88. The van der Waals surface area contributed by atoms with Crippen LogP contribution in [0.2, 0.25) is 0 Å². The second-order valence-corrected chi connectivity index (χ2v) is 9.15. The number of carbonyl (C=O) groups excluding carboxylic acids is 1. The summed E-state index contributed by atoms with van der Waals surface area (Å²) in [5.41, 5.74) is 2.75. The van der Waals surface area contributed by atoms with Gasteiger partial charge in [-0.3, -0.25) is 9.58 Å². The summed E-state index contributed by atoms with van der Waals surface area (Å²) >= 11 is 0. The molecule has 4 atom stereocenters. The summed E-state index contributed by atoms with van der Waals surface area (Å²) in [6.45, 7) is 6.99. The second kappa shape index (κ2) is 7.82. The van der Waals surface area contributed by atoms with Crippen LogP contribution in [0.4, 0.5) is 4.79 Å². The van der Waals surface area contributed by atoms with E-state index in [-0.39, 0.29) is 12.1 Å².